The Morgan fingerprint density at radius 3 is 1.41 bits per heavy atom. The summed E-state index contributed by atoms with van der Waals surface area (Å²) < 4.78 is 12.9. The molecule has 2 fully saturated rings. The van der Waals surface area contributed by atoms with Gasteiger partial charge in [-0.05, 0) is 160 Å². The number of phenols is 2. The lowest BCUT2D eigenvalue weighted by atomic mass is 9.77. The van der Waals surface area contributed by atoms with Crippen LogP contribution >= 0.6 is 0 Å². The molecule has 0 aliphatic heterocycles. The number of benzene rings is 6. The Morgan fingerprint density at radius 2 is 0.958 bits per heavy atom. The van der Waals surface area contributed by atoms with Gasteiger partial charge in [-0.1, -0.05) is 120 Å². The molecule has 3 aliphatic carbocycles. The molecule has 8 heteroatoms. The summed E-state index contributed by atoms with van der Waals surface area (Å²) in [7, 11) is 0. The monoisotopic (exact) mass is 953 g/mol. The first-order valence-electron chi connectivity index (χ1n) is 26.8. The fourth-order valence-corrected chi connectivity index (χ4v) is 11.4. The highest BCUT2D eigenvalue weighted by Gasteiger charge is 2.41. The van der Waals surface area contributed by atoms with Crippen molar-refractivity contribution in [3.05, 3.63) is 154 Å². The third-order valence-corrected chi connectivity index (χ3v) is 15.7. The molecule has 0 aromatic heterocycles. The van der Waals surface area contributed by atoms with E-state index in [0.29, 0.717) is 34.7 Å². The van der Waals surface area contributed by atoms with Crippen LogP contribution < -0.4 is 20.1 Å². The van der Waals surface area contributed by atoms with Gasteiger partial charge in [0.15, 0.2) is 23.0 Å². The van der Waals surface area contributed by atoms with Crippen LogP contribution in [-0.4, -0.2) is 21.8 Å². The molecule has 0 bridgehead atoms. The zero-order chi connectivity index (χ0) is 49.4. The van der Waals surface area contributed by atoms with Crippen molar-refractivity contribution >= 4 is 34.3 Å². The smallest absolute Gasteiger partial charge is 0.200 e. The van der Waals surface area contributed by atoms with Crippen LogP contribution in [0.1, 0.15) is 189 Å². The van der Waals surface area contributed by atoms with Crippen LogP contribution in [0.5, 0.6) is 34.5 Å². The number of anilines is 4. The zero-order valence-corrected chi connectivity index (χ0v) is 42.2. The minimum Gasteiger partial charge on any atom is -0.504 e. The molecule has 3 aliphatic rings. The summed E-state index contributed by atoms with van der Waals surface area (Å²) in [5.74, 6) is 1.41. The number of phenolic OH excluding ortho intramolecular Hbond substituents is 2. The van der Waals surface area contributed by atoms with E-state index in [0.717, 1.165) is 36.7 Å². The molecule has 71 heavy (non-hydrogen) atoms. The van der Waals surface area contributed by atoms with Crippen molar-refractivity contribution in [2.45, 2.75) is 149 Å². The Bertz CT molecular complexity index is 2800. The van der Waals surface area contributed by atoms with Crippen molar-refractivity contribution in [1.29, 1.82) is 0 Å². The number of para-hydroxylation sites is 1. The standard InChI is InChI=1S/C63H72N2O6/c1-5-8-14-41-18-24-44(25-19-41)46-28-34-49(35-29-46)70-54-38-52(64-48-32-22-43(23-33-48)16-10-7-3)56-58(60(54)66)63(69)57-53(65-51-17-12-11-13-40(51)4)39-55(61(67)59(57)62(56)68)71-50-36-30-47(31-37-50)45-26-20-42(21-27-45)15-9-6-2/h11-13,17,22-23,28-39,41-42,44-45,64-67H,5-10,14-16,18-21,24-27H2,1-4H3. The van der Waals surface area contributed by atoms with Gasteiger partial charge in [0, 0.05) is 23.5 Å². The first-order chi connectivity index (χ1) is 34.6. The highest BCUT2D eigenvalue weighted by atomic mass is 16.5. The number of unbranched alkanes of at least 4 members (excludes halogenated alkanes) is 3. The van der Waals surface area contributed by atoms with Crippen molar-refractivity contribution in [1.82, 2.24) is 0 Å². The second-order valence-electron chi connectivity index (χ2n) is 20.6. The normalized spacial score (nSPS) is 18.6. The van der Waals surface area contributed by atoms with Gasteiger partial charge in [-0.25, -0.2) is 0 Å². The maximum absolute atomic E-state index is 15.3. The molecule has 2 saturated carbocycles. The lowest BCUT2D eigenvalue weighted by Gasteiger charge is -2.29. The first kappa shape index (κ1) is 49.4. The molecule has 4 N–H and O–H groups in total. The van der Waals surface area contributed by atoms with Gasteiger partial charge in [0.1, 0.15) is 11.5 Å². The number of ether oxygens (including phenoxy) is 2. The van der Waals surface area contributed by atoms with Gasteiger partial charge < -0.3 is 30.3 Å². The molecule has 0 unspecified atom stereocenters. The second kappa shape index (κ2) is 22.7. The van der Waals surface area contributed by atoms with Gasteiger partial charge in [-0.2, -0.15) is 0 Å². The first-order valence-corrected chi connectivity index (χ1v) is 26.8. The van der Waals surface area contributed by atoms with Crippen LogP contribution in [0.2, 0.25) is 0 Å². The average Bonchev–Trinajstić information content (AvgIpc) is 3.39. The van der Waals surface area contributed by atoms with E-state index in [4.69, 9.17) is 9.47 Å². The quantitative estimate of drug-likeness (QED) is 0.0592. The van der Waals surface area contributed by atoms with Crippen molar-refractivity contribution in [2.24, 2.45) is 11.8 Å². The van der Waals surface area contributed by atoms with Crippen LogP contribution in [0.15, 0.2) is 109 Å². The van der Waals surface area contributed by atoms with Gasteiger partial charge in [-0.15, -0.1) is 0 Å². The number of hydrogen-bond donors (Lipinski definition) is 4. The van der Waals surface area contributed by atoms with E-state index in [1.54, 1.807) is 12.1 Å². The maximum atomic E-state index is 15.3. The Hall–Kier alpha value is -6.54. The molecule has 0 amide bonds. The number of rotatable bonds is 19. The Kier molecular flexibility index (Phi) is 15.8. The lowest BCUT2D eigenvalue weighted by molar-refractivity contribution is 0.0974. The topological polar surface area (TPSA) is 117 Å². The minimum absolute atomic E-state index is 0.0166. The lowest BCUT2D eigenvalue weighted by Crippen LogP contribution is -2.24. The fourth-order valence-electron chi connectivity index (χ4n) is 11.4. The number of nitrogens with one attached hydrogen (secondary N) is 2. The number of fused-ring (bicyclic) bond motifs is 2. The largest absolute Gasteiger partial charge is 0.504 e. The minimum atomic E-state index is -0.646. The van der Waals surface area contributed by atoms with E-state index in [1.165, 1.54) is 107 Å². The van der Waals surface area contributed by atoms with Gasteiger partial charge in [0.05, 0.1) is 33.6 Å². The maximum Gasteiger partial charge on any atom is 0.200 e. The van der Waals surface area contributed by atoms with E-state index >= 15 is 9.59 Å². The highest BCUT2D eigenvalue weighted by molar-refractivity contribution is 6.34. The summed E-state index contributed by atoms with van der Waals surface area (Å²) in [6.45, 7) is 8.64. The fraction of sp³-hybridized carbons (Fsp3) is 0.397. The average molecular weight is 953 g/mol. The Balaban J connectivity index is 1.07. The summed E-state index contributed by atoms with van der Waals surface area (Å²) in [6, 6.07) is 34.8. The molecule has 0 spiro atoms. The molecule has 0 atom stereocenters. The van der Waals surface area contributed by atoms with E-state index < -0.39 is 23.1 Å². The van der Waals surface area contributed by atoms with E-state index in [1.807, 2.05) is 79.7 Å². The van der Waals surface area contributed by atoms with E-state index in [2.05, 4.69) is 55.7 Å². The van der Waals surface area contributed by atoms with Crippen molar-refractivity contribution < 1.29 is 29.3 Å². The van der Waals surface area contributed by atoms with E-state index in [9.17, 15) is 10.2 Å². The summed E-state index contributed by atoms with van der Waals surface area (Å²) in [5.41, 5.74) is 5.94. The predicted octanol–water partition coefficient (Wildman–Crippen LogP) is 17.5. The second-order valence-corrected chi connectivity index (χ2v) is 20.6. The summed E-state index contributed by atoms with van der Waals surface area (Å²) in [5, 5.41) is 31.3. The van der Waals surface area contributed by atoms with Crippen molar-refractivity contribution in [3.8, 4) is 34.5 Å². The SMILES string of the molecule is CCCCc1ccc(Nc2cc(Oc3ccc(C4CCC(CCCC)CC4)cc3)c(O)c3c2C(=O)c2c(O)c(Oc4ccc(C5CCC(CCCC)CC5)cc4)cc(Nc4ccccc4C)c2C3=O)cc1. The van der Waals surface area contributed by atoms with Gasteiger partial charge in [0.25, 0.3) is 0 Å². The van der Waals surface area contributed by atoms with Crippen LogP contribution in [-0.2, 0) is 6.42 Å². The highest BCUT2D eigenvalue weighted by Crippen LogP contribution is 2.51. The Labute approximate surface area is 421 Å². The summed E-state index contributed by atoms with van der Waals surface area (Å²) >= 11 is 0. The molecule has 0 saturated heterocycles. The number of hydrogen-bond acceptors (Lipinski definition) is 8. The molecule has 6 aromatic carbocycles. The predicted molar refractivity (Wildman–Crippen MR) is 287 cm³/mol. The van der Waals surface area contributed by atoms with Gasteiger partial charge in [0.2, 0.25) is 11.6 Å². The molecule has 0 heterocycles. The molecule has 8 nitrogen and oxygen atoms in total. The van der Waals surface area contributed by atoms with Crippen molar-refractivity contribution in [2.75, 3.05) is 10.6 Å². The molecule has 9 rings (SSSR count). The van der Waals surface area contributed by atoms with Crippen molar-refractivity contribution in [3.63, 3.8) is 0 Å². The number of carbonyl (C=O) groups is 2. The number of ketones is 2. The van der Waals surface area contributed by atoms with Gasteiger partial charge in [-0.3, -0.25) is 9.59 Å². The zero-order valence-electron chi connectivity index (χ0n) is 42.2. The molecule has 0 radical (unpaired) electrons. The van der Waals surface area contributed by atoms with Crippen LogP contribution in [0.4, 0.5) is 22.7 Å². The third kappa shape index (κ3) is 11.2. The number of aryl methyl sites for hydroxylation is 2. The van der Waals surface area contributed by atoms with Crippen LogP contribution in [0.3, 0.4) is 0 Å². The summed E-state index contributed by atoms with van der Waals surface area (Å²) in [6.07, 6.45) is 20.5. The van der Waals surface area contributed by atoms with Crippen LogP contribution in [0.25, 0.3) is 0 Å². The Morgan fingerprint density at radius 1 is 0.507 bits per heavy atom. The molecular weight excluding hydrogens is 881 g/mol. The number of carbonyl (C=O) groups excluding carboxylic acids is 2. The molecule has 6 aromatic rings. The number of aromatic hydroxyl groups is 2. The third-order valence-electron chi connectivity index (χ3n) is 15.7. The van der Waals surface area contributed by atoms with Gasteiger partial charge >= 0.3 is 0 Å². The van der Waals surface area contributed by atoms with E-state index in [-0.39, 0.29) is 45.1 Å². The molecule has 370 valence electrons. The van der Waals surface area contributed by atoms with Crippen LogP contribution in [0, 0.1) is 18.8 Å². The molecular formula is C63H72N2O6. The summed E-state index contributed by atoms with van der Waals surface area (Å²) in [4.78, 5) is 30.6.